The first kappa shape index (κ1) is 17.9. The van der Waals surface area contributed by atoms with Crippen molar-refractivity contribution in [1.29, 1.82) is 0 Å². The normalized spacial score (nSPS) is 11.6. The van der Waals surface area contributed by atoms with Crippen molar-refractivity contribution in [2.45, 2.75) is 46.2 Å². The molecule has 0 saturated heterocycles. The molecule has 22 heavy (non-hydrogen) atoms. The van der Waals surface area contributed by atoms with Crippen molar-refractivity contribution in [3.8, 4) is 0 Å². The Balaban J connectivity index is 2.24. The Morgan fingerprint density at radius 2 is 2.09 bits per heavy atom. The van der Waals surface area contributed by atoms with Crippen LogP contribution in [0.1, 0.15) is 33.0 Å². The van der Waals surface area contributed by atoms with Gasteiger partial charge in [-0.05, 0) is 13.8 Å². The zero-order valence-corrected chi connectivity index (χ0v) is 13.9. The second kappa shape index (κ2) is 9.75. The molecule has 0 aliphatic carbocycles. The van der Waals surface area contributed by atoms with E-state index in [-0.39, 0.29) is 11.9 Å². The molecule has 0 unspecified atom stereocenters. The van der Waals surface area contributed by atoms with Crippen LogP contribution in [-0.2, 0) is 17.8 Å². The molecule has 8 nitrogen and oxygen atoms in total. The summed E-state index contributed by atoms with van der Waals surface area (Å²) in [5, 5.41) is 17.1. The van der Waals surface area contributed by atoms with Gasteiger partial charge in [-0.25, -0.2) is 0 Å². The van der Waals surface area contributed by atoms with Gasteiger partial charge in [-0.1, -0.05) is 6.92 Å². The minimum atomic E-state index is 0.0371. The molecule has 0 atom stereocenters. The molecule has 0 spiro atoms. The van der Waals surface area contributed by atoms with E-state index in [9.17, 15) is 4.79 Å². The van der Waals surface area contributed by atoms with Crippen molar-refractivity contribution >= 4 is 11.9 Å². The SMILES string of the molecule is CCc1nncn1CCNC(=NC)NCCC(=O)NC(C)C. The minimum Gasteiger partial charge on any atom is -0.356 e. The second-order valence-corrected chi connectivity index (χ2v) is 5.19. The number of carbonyl (C=O) groups is 1. The molecule has 0 fully saturated rings. The summed E-state index contributed by atoms with van der Waals surface area (Å²) in [6.07, 6.45) is 3.01. The van der Waals surface area contributed by atoms with Crippen LogP contribution in [0.4, 0.5) is 0 Å². The highest BCUT2D eigenvalue weighted by atomic mass is 16.1. The molecular formula is C14H27N7O. The number of amides is 1. The third kappa shape index (κ3) is 6.55. The monoisotopic (exact) mass is 309 g/mol. The average molecular weight is 309 g/mol. The van der Waals surface area contributed by atoms with Gasteiger partial charge in [-0.15, -0.1) is 10.2 Å². The standard InChI is InChI=1S/C14H27N7O/c1-5-12-20-18-10-21(12)9-8-17-14(15-4)16-7-6-13(22)19-11(2)3/h10-11H,5-9H2,1-4H3,(H,19,22)(H2,15,16,17). The van der Waals surface area contributed by atoms with Crippen molar-refractivity contribution in [2.24, 2.45) is 4.99 Å². The van der Waals surface area contributed by atoms with E-state index in [0.717, 1.165) is 18.8 Å². The molecule has 0 aliphatic heterocycles. The molecule has 1 aromatic heterocycles. The Bertz CT molecular complexity index is 481. The fourth-order valence-corrected chi connectivity index (χ4v) is 1.94. The molecule has 1 amide bonds. The highest BCUT2D eigenvalue weighted by Crippen LogP contribution is 1.94. The van der Waals surface area contributed by atoms with Crippen LogP contribution in [-0.4, -0.2) is 52.8 Å². The summed E-state index contributed by atoms with van der Waals surface area (Å²) in [7, 11) is 1.71. The molecule has 124 valence electrons. The van der Waals surface area contributed by atoms with E-state index in [2.05, 4.69) is 38.1 Å². The van der Waals surface area contributed by atoms with Gasteiger partial charge in [0, 0.05) is 45.6 Å². The number of aryl methyl sites for hydroxylation is 1. The van der Waals surface area contributed by atoms with E-state index in [0.29, 0.717) is 25.5 Å². The largest absolute Gasteiger partial charge is 0.356 e. The van der Waals surface area contributed by atoms with E-state index in [1.807, 2.05) is 18.4 Å². The lowest BCUT2D eigenvalue weighted by Crippen LogP contribution is -2.41. The second-order valence-electron chi connectivity index (χ2n) is 5.19. The highest BCUT2D eigenvalue weighted by Gasteiger charge is 2.04. The van der Waals surface area contributed by atoms with Gasteiger partial charge in [0.05, 0.1) is 0 Å². The predicted molar refractivity (Wildman–Crippen MR) is 86.7 cm³/mol. The topological polar surface area (TPSA) is 96.2 Å². The Kier molecular flexibility index (Phi) is 7.95. The molecule has 0 radical (unpaired) electrons. The van der Waals surface area contributed by atoms with Crippen LogP contribution in [0.3, 0.4) is 0 Å². The van der Waals surface area contributed by atoms with Crippen LogP contribution in [0, 0.1) is 0 Å². The van der Waals surface area contributed by atoms with Gasteiger partial charge in [-0.2, -0.15) is 0 Å². The first-order valence-corrected chi connectivity index (χ1v) is 7.67. The van der Waals surface area contributed by atoms with E-state index < -0.39 is 0 Å². The number of aliphatic imine (C=N–C) groups is 1. The Hall–Kier alpha value is -2.12. The molecule has 1 aromatic rings. The van der Waals surface area contributed by atoms with Crippen LogP contribution in [0.25, 0.3) is 0 Å². The summed E-state index contributed by atoms with van der Waals surface area (Å²) in [6.45, 7) is 7.97. The smallest absolute Gasteiger partial charge is 0.221 e. The van der Waals surface area contributed by atoms with Crippen molar-refractivity contribution in [2.75, 3.05) is 20.1 Å². The van der Waals surface area contributed by atoms with Crippen LogP contribution in [0.5, 0.6) is 0 Å². The number of nitrogens with one attached hydrogen (secondary N) is 3. The first-order valence-electron chi connectivity index (χ1n) is 7.67. The maximum atomic E-state index is 11.5. The molecular weight excluding hydrogens is 282 g/mol. The summed E-state index contributed by atoms with van der Waals surface area (Å²) in [6, 6.07) is 0.168. The highest BCUT2D eigenvalue weighted by molar-refractivity contribution is 5.81. The van der Waals surface area contributed by atoms with Gasteiger partial charge in [0.15, 0.2) is 5.96 Å². The summed E-state index contributed by atoms with van der Waals surface area (Å²) in [5.41, 5.74) is 0. The quantitative estimate of drug-likeness (QED) is 0.461. The molecule has 3 N–H and O–H groups in total. The predicted octanol–water partition coefficient (Wildman–Crippen LogP) is -0.0798. The van der Waals surface area contributed by atoms with E-state index in [4.69, 9.17) is 0 Å². The maximum absolute atomic E-state index is 11.5. The fraction of sp³-hybridized carbons (Fsp3) is 0.714. The van der Waals surface area contributed by atoms with Crippen LogP contribution < -0.4 is 16.0 Å². The molecule has 0 aliphatic rings. The molecule has 1 heterocycles. The number of guanidine groups is 1. The van der Waals surface area contributed by atoms with Crippen molar-refractivity contribution in [1.82, 2.24) is 30.7 Å². The number of rotatable bonds is 8. The van der Waals surface area contributed by atoms with E-state index in [1.165, 1.54) is 0 Å². The van der Waals surface area contributed by atoms with Crippen LogP contribution in [0.15, 0.2) is 11.3 Å². The third-order valence-electron chi connectivity index (χ3n) is 2.97. The third-order valence-corrected chi connectivity index (χ3v) is 2.97. The lowest BCUT2D eigenvalue weighted by molar-refractivity contribution is -0.121. The number of aromatic nitrogens is 3. The Morgan fingerprint density at radius 3 is 2.73 bits per heavy atom. The lowest BCUT2D eigenvalue weighted by atomic mass is 10.3. The van der Waals surface area contributed by atoms with Gasteiger partial charge in [0.1, 0.15) is 12.2 Å². The molecule has 1 rings (SSSR count). The Labute approximate surface area is 131 Å². The lowest BCUT2D eigenvalue weighted by Gasteiger charge is -2.13. The fourth-order valence-electron chi connectivity index (χ4n) is 1.94. The summed E-state index contributed by atoms with van der Waals surface area (Å²) in [5.74, 6) is 1.69. The van der Waals surface area contributed by atoms with Crippen molar-refractivity contribution < 1.29 is 4.79 Å². The number of hydrogen-bond donors (Lipinski definition) is 3. The summed E-state index contributed by atoms with van der Waals surface area (Å²) in [4.78, 5) is 15.7. The van der Waals surface area contributed by atoms with E-state index >= 15 is 0 Å². The van der Waals surface area contributed by atoms with Crippen molar-refractivity contribution in [3.05, 3.63) is 12.2 Å². The zero-order valence-electron chi connectivity index (χ0n) is 13.9. The molecule has 0 bridgehead atoms. The van der Waals surface area contributed by atoms with Gasteiger partial charge in [0.25, 0.3) is 0 Å². The summed E-state index contributed by atoms with van der Waals surface area (Å²) < 4.78 is 2.01. The number of hydrogen-bond acceptors (Lipinski definition) is 4. The van der Waals surface area contributed by atoms with Gasteiger partial charge < -0.3 is 20.5 Å². The van der Waals surface area contributed by atoms with Gasteiger partial charge in [0.2, 0.25) is 5.91 Å². The van der Waals surface area contributed by atoms with Gasteiger partial charge >= 0.3 is 0 Å². The Morgan fingerprint density at radius 1 is 1.36 bits per heavy atom. The zero-order chi connectivity index (χ0) is 16.4. The minimum absolute atomic E-state index is 0.0371. The number of nitrogens with zero attached hydrogens (tertiary/aromatic N) is 4. The molecule has 0 saturated carbocycles. The van der Waals surface area contributed by atoms with Crippen LogP contribution >= 0.6 is 0 Å². The maximum Gasteiger partial charge on any atom is 0.221 e. The molecule has 0 aromatic carbocycles. The molecule has 8 heteroatoms. The van der Waals surface area contributed by atoms with Crippen molar-refractivity contribution in [3.63, 3.8) is 0 Å². The van der Waals surface area contributed by atoms with Gasteiger partial charge in [-0.3, -0.25) is 9.79 Å². The summed E-state index contributed by atoms with van der Waals surface area (Å²) >= 11 is 0. The van der Waals surface area contributed by atoms with Crippen LogP contribution in [0.2, 0.25) is 0 Å². The number of carbonyl (C=O) groups excluding carboxylic acids is 1. The average Bonchev–Trinajstić information content (AvgIpc) is 2.92. The van der Waals surface area contributed by atoms with E-state index in [1.54, 1.807) is 13.4 Å². The first-order chi connectivity index (χ1) is 10.6.